The molecule has 130 valence electrons. The van der Waals surface area contributed by atoms with Crippen LogP contribution >= 0.6 is 0 Å². The summed E-state index contributed by atoms with van der Waals surface area (Å²) in [5.74, 6) is 0. The normalized spacial score (nSPS) is 11.0. The highest BCUT2D eigenvalue weighted by atomic mass is 16.5. The molecule has 0 saturated carbocycles. The molecule has 0 aliphatic rings. The molecule has 0 saturated heterocycles. The molecular formula is C18H21N5O2. The molecule has 7 heteroatoms. The molecule has 0 aliphatic carbocycles. The molecule has 0 radical (unpaired) electrons. The molecule has 3 aromatic rings. The molecule has 0 unspecified atom stereocenters. The number of aromatic nitrogens is 5. The smallest absolute Gasteiger partial charge is 0.316 e. The highest BCUT2D eigenvalue weighted by molar-refractivity contribution is 5.60. The van der Waals surface area contributed by atoms with Crippen LogP contribution in [0.25, 0.3) is 16.8 Å². The maximum atomic E-state index is 11.8. The SMILES string of the molecule is CCCn1cc(-n2cc(-c3cnc(OC(C)C)nc3)cn2)ccc1=O. The van der Waals surface area contributed by atoms with E-state index in [9.17, 15) is 4.79 Å². The van der Waals surface area contributed by atoms with Crippen LogP contribution in [0.1, 0.15) is 27.2 Å². The van der Waals surface area contributed by atoms with Crippen molar-refractivity contribution < 1.29 is 4.74 Å². The first-order valence-corrected chi connectivity index (χ1v) is 8.31. The van der Waals surface area contributed by atoms with Crippen LogP contribution in [0.4, 0.5) is 0 Å². The van der Waals surface area contributed by atoms with Gasteiger partial charge in [-0.15, -0.1) is 0 Å². The Morgan fingerprint density at radius 3 is 2.52 bits per heavy atom. The highest BCUT2D eigenvalue weighted by Gasteiger charge is 2.07. The van der Waals surface area contributed by atoms with Crippen molar-refractivity contribution in [3.05, 3.63) is 53.5 Å². The lowest BCUT2D eigenvalue weighted by molar-refractivity contribution is 0.222. The second-order valence-corrected chi connectivity index (χ2v) is 6.01. The van der Waals surface area contributed by atoms with E-state index in [1.165, 1.54) is 0 Å². The summed E-state index contributed by atoms with van der Waals surface area (Å²) in [4.78, 5) is 20.3. The van der Waals surface area contributed by atoms with Crippen molar-refractivity contribution in [2.45, 2.75) is 39.8 Å². The molecule has 0 amide bonds. The number of nitrogens with zero attached hydrogens (tertiary/aromatic N) is 5. The molecule has 7 nitrogen and oxygen atoms in total. The summed E-state index contributed by atoms with van der Waals surface area (Å²) in [5.41, 5.74) is 2.57. The quantitative estimate of drug-likeness (QED) is 0.690. The van der Waals surface area contributed by atoms with E-state index in [1.807, 2.05) is 33.2 Å². The van der Waals surface area contributed by atoms with Crippen LogP contribution in [0, 0.1) is 0 Å². The van der Waals surface area contributed by atoms with Crippen molar-refractivity contribution in [3.63, 3.8) is 0 Å². The number of rotatable bonds is 6. The summed E-state index contributed by atoms with van der Waals surface area (Å²) in [5, 5.41) is 4.38. The van der Waals surface area contributed by atoms with Gasteiger partial charge in [-0.25, -0.2) is 14.6 Å². The fraction of sp³-hybridized carbons (Fsp3) is 0.333. The summed E-state index contributed by atoms with van der Waals surface area (Å²) in [6.45, 7) is 6.59. The molecule has 0 aromatic carbocycles. The molecule has 25 heavy (non-hydrogen) atoms. The number of hydrogen-bond acceptors (Lipinski definition) is 5. The van der Waals surface area contributed by atoms with Gasteiger partial charge in [-0.2, -0.15) is 5.10 Å². The number of pyridine rings is 1. The first kappa shape index (κ1) is 16.9. The van der Waals surface area contributed by atoms with E-state index in [0.29, 0.717) is 12.6 Å². The lowest BCUT2D eigenvalue weighted by Gasteiger charge is -2.07. The van der Waals surface area contributed by atoms with E-state index in [2.05, 4.69) is 15.1 Å². The zero-order chi connectivity index (χ0) is 17.8. The van der Waals surface area contributed by atoms with Gasteiger partial charge < -0.3 is 9.30 Å². The first-order chi connectivity index (χ1) is 12.1. The van der Waals surface area contributed by atoms with E-state index < -0.39 is 0 Å². The predicted molar refractivity (Wildman–Crippen MR) is 94.9 cm³/mol. The molecule has 0 fully saturated rings. The van der Waals surface area contributed by atoms with Crippen LogP contribution in [-0.2, 0) is 6.54 Å². The van der Waals surface area contributed by atoms with E-state index in [1.54, 1.807) is 40.0 Å². The second kappa shape index (κ2) is 7.29. The zero-order valence-electron chi connectivity index (χ0n) is 14.6. The Hall–Kier alpha value is -2.96. The van der Waals surface area contributed by atoms with E-state index in [4.69, 9.17) is 4.74 Å². The van der Waals surface area contributed by atoms with Gasteiger partial charge in [0.25, 0.3) is 5.56 Å². The van der Waals surface area contributed by atoms with Crippen LogP contribution in [0.3, 0.4) is 0 Å². The first-order valence-electron chi connectivity index (χ1n) is 8.31. The molecule has 3 heterocycles. The topological polar surface area (TPSA) is 74.8 Å². The number of aryl methyl sites for hydroxylation is 1. The van der Waals surface area contributed by atoms with E-state index >= 15 is 0 Å². The van der Waals surface area contributed by atoms with Gasteiger partial charge in [-0.1, -0.05) is 6.92 Å². The standard InChI is InChI=1S/C18H21N5O2/c1-4-7-22-12-16(5-6-17(22)24)23-11-15(10-21-23)14-8-19-18(20-9-14)25-13(2)3/h5-6,8-13H,4,7H2,1-3H3. The lowest BCUT2D eigenvalue weighted by atomic mass is 10.2. The maximum absolute atomic E-state index is 11.8. The van der Waals surface area contributed by atoms with Crippen LogP contribution < -0.4 is 10.3 Å². The minimum absolute atomic E-state index is 0.00730. The third-order valence-electron chi connectivity index (χ3n) is 3.58. The molecule has 0 N–H and O–H groups in total. The molecule has 0 bridgehead atoms. The zero-order valence-corrected chi connectivity index (χ0v) is 14.6. The third kappa shape index (κ3) is 3.93. The van der Waals surface area contributed by atoms with E-state index in [-0.39, 0.29) is 11.7 Å². The van der Waals surface area contributed by atoms with Crippen molar-refractivity contribution in [2.24, 2.45) is 0 Å². The van der Waals surface area contributed by atoms with Gasteiger partial charge in [0.05, 0.1) is 18.0 Å². The summed E-state index contributed by atoms with van der Waals surface area (Å²) in [6.07, 6.45) is 9.81. The molecule has 0 spiro atoms. The van der Waals surface area contributed by atoms with Crippen molar-refractivity contribution in [1.29, 1.82) is 0 Å². The predicted octanol–water partition coefficient (Wildman–Crippen LogP) is 2.69. The fourth-order valence-electron chi connectivity index (χ4n) is 2.42. The van der Waals surface area contributed by atoms with Gasteiger partial charge >= 0.3 is 6.01 Å². The molecule has 3 rings (SSSR count). The van der Waals surface area contributed by atoms with Gasteiger partial charge in [0.15, 0.2) is 0 Å². The second-order valence-electron chi connectivity index (χ2n) is 6.01. The van der Waals surface area contributed by atoms with Crippen molar-refractivity contribution in [3.8, 4) is 22.8 Å². The third-order valence-corrected chi connectivity index (χ3v) is 3.58. The Labute approximate surface area is 145 Å². The Morgan fingerprint density at radius 2 is 1.84 bits per heavy atom. The Balaban J connectivity index is 1.85. The minimum Gasteiger partial charge on any atom is -0.461 e. The van der Waals surface area contributed by atoms with Crippen molar-refractivity contribution in [2.75, 3.05) is 0 Å². The van der Waals surface area contributed by atoms with Gasteiger partial charge in [-0.05, 0) is 26.3 Å². The average Bonchev–Trinajstić information content (AvgIpc) is 3.07. The van der Waals surface area contributed by atoms with Crippen LogP contribution in [-0.4, -0.2) is 30.4 Å². The number of hydrogen-bond donors (Lipinski definition) is 0. The highest BCUT2D eigenvalue weighted by Crippen LogP contribution is 2.19. The van der Waals surface area contributed by atoms with Crippen molar-refractivity contribution >= 4 is 0 Å². The summed E-state index contributed by atoms with van der Waals surface area (Å²) < 4.78 is 8.88. The summed E-state index contributed by atoms with van der Waals surface area (Å²) in [7, 11) is 0. The summed E-state index contributed by atoms with van der Waals surface area (Å²) in [6, 6.07) is 3.69. The molecule has 0 atom stereocenters. The van der Waals surface area contributed by atoms with Gasteiger partial charge in [0.1, 0.15) is 0 Å². The molecule has 0 aliphatic heterocycles. The largest absolute Gasteiger partial charge is 0.461 e. The van der Waals surface area contributed by atoms with Crippen LogP contribution in [0.5, 0.6) is 6.01 Å². The van der Waals surface area contributed by atoms with Crippen LogP contribution in [0.2, 0.25) is 0 Å². The monoisotopic (exact) mass is 339 g/mol. The van der Waals surface area contributed by atoms with Crippen LogP contribution in [0.15, 0.2) is 47.9 Å². The fourth-order valence-corrected chi connectivity index (χ4v) is 2.42. The Bertz CT molecular complexity index is 896. The maximum Gasteiger partial charge on any atom is 0.316 e. The number of ether oxygens (including phenoxy) is 1. The molecular weight excluding hydrogens is 318 g/mol. The van der Waals surface area contributed by atoms with E-state index in [0.717, 1.165) is 23.2 Å². The summed E-state index contributed by atoms with van der Waals surface area (Å²) >= 11 is 0. The van der Waals surface area contributed by atoms with Gasteiger partial charge in [0.2, 0.25) is 0 Å². The molecule has 3 aromatic heterocycles. The Kier molecular flexibility index (Phi) is 4.92. The minimum atomic E-state index is -0.00730. The van der Waals surface area contributed by atoms with Crippen molar-refractivity contribution in [1.82, 2.24) is 24.3 Å². The van der Waals surface area contributed by atoms with Gasteiger partial charge in [0, 0.05) is 48.5 Å². The lowest BCUT2D eigenvalue weighted by Crippen LogP contribution is -2.19. The Morgan fingerprint density at radius 1 is 1.08 bits per heavy atom. The average molecular weight is 339 g/mol. The van der Waals surface area contributed by atoms with Gasteiger partial charge in [-0.3, -0.25) is 4.79 Å².